The van der Waals surface area contributed by atoms with Gasteiger partial charge >= 0.3 is 0 Å². The van der Waals surface area contributed by atoms with E-state index in [2.05, 4.69) is 10.4 Å². The lowest BCUT2D eigenvalue weighted by atomic mass is 10.0. The van der Waals surface area contributed by atoms with Crippen molar-refractivity contribution in [2.24, 2.45) is 10.4 Å². The number of hydrogen-bond donors (Lipinski definition) is 0. The lowest BCUT2D eigenvalue weighted by Gasteiger charge is -2.03. The van der Waals surface area contributed by atoms with E-state index >= 15 is 0 Å². The molecule has 4 nitrogen and oxygen atoms in total. The molecule has 0 N–H and O–H groups in total. The summed E-state index contributed by atoms with van der Waals surface area (Å²) >= 11 is 0. The van der Waals surface area contributed by atoms with Gasteiger partial charge in [0.1, 0.15) is 11.4 Å². The van der Waals surface area contributed by atoms with Gasteiger partial charge in [-0.3, -0.25) is 0 Å². The minimum atomic E-state index is 0.399. The van der Waals surface area contributed by atoms with E-state index in [0.29, 0.717) is 17.8 Å². The maximum atomic E-state index is 10.6. The number of rotatable bonds is 4. The Balaban J connectivity index is 2.24. The second kappa shape index (κ2) is 5.12. The molecule has 0 bridgehead atoms. The summed E-state index contributed by atoms with van der Waals surface area (Å²) < 4.78 is 0. The van der Waals surface area contributed by atoms with Gasteiger partial charge in [0.25, 0.3) is 0 Å². The average molecular weight is 226 g/mol. The summed E-state index contributed by atoms with van der Waals surface area (Å²) in [5, 5.41) is 5.82. The predicted octanol–water partition coefficient (Wildman–Crippen LogP) is 4.07. The Morgan fingerprint density at radius 1 is 0.824 bits per heavy atom. The highest BCUT2D eigenvalue weighted by Crippen LogP contribution is 2.22. The van der Waals surface area contributed by atoms with E-state index in [4.69, 9.17) is 0 Å². The van der Waals surface area contributed by atoms with Crippen LogP contribution in [0.15, 0.2) is 58.9 Å². The quantitative estimate of drug-likeness (QED) is 0.737. The largest absolute Gasteiger partial charge is 0.145 e. The summed E-state index contributed by atoms with van der Waals surface area (Å²) in [4.78, 5) is 20.9. The van der Waals surface area contributed by atoms with Crippen LogP contribution in [0.25, 0.3) is 0 Å². The molecule has 0 fully saturated rings. The zero-order valence-electron chi connectivity index (χ0n) is 9.04. The molecule has 0 saturated carbocycles. The number of nitroso groups, excluding NO2 is 2. The summed E-state index contributed by atoms with van der Waals surface area (Å²) in [6.45, 7) is 0. The van der Waals surface area contributed by atoms with Gasteiger partial charge in [-0.05, 0) is 46.1 Å². The van der Waals surface area contributed by atoms with Crippen molar-refractivity contribution in [3.8, 4) is 0 Å². The van der Waals surface area contributed by atoms with Gasteiger partial charge < -0.3 is 0 Å². The van der Waals surface area contributed by atoms with Crippen LogP contribution in [-0.2, 0) is 6.42 Å². The van der Waals surface area contributed by atoms with E-state index < -0.39 is 0 Å². The van der Waals surface area contributed by atoms with Crippen LogP contribution >= 0.6 is 0 Å². The van der Waals surface area contributed by atoms with E-state index in [9.17, 15) is 9.81 Å². The molecule has 0 atom stereocenters. The molecule has 0 aliphatic carbocycles. The lowest BCUT2D eigenvalue weighted by molar-refractivity contribution is 1.18. The van der Waals surface area contributed by atoms with Crippen molar-refractivity contribution in [2.75, 3.05) is 0 Å². The van der Waals surface area contributed by atoms with Crippen LogP contribution in [-0.4, -0.2) is 0 Å². The molecule has 0 heterocycles. The normalized spacial score (nSPS) is 9.88. The third-order valence-electron chi connectivity index (χ3n) is 2.53. The molecule has 17 heavy (non-hydrogen) atoms. The van der Waals surface area contributed by atoms with E-state index in [1.165, 1.54) is 0 Å². The minimum absolute atomic E-state index is 0.399. The second-order valence-corrected chi connectivity index (χ2v) is 3.65. The fourth-order valence-corrected chi connectivity index (χ4v) is 1.64. The van der Waals surface area contributed by atoms with Crippen LogP contribution in [0.3, 0.4) is 0 Å². The summed E-state index contributed by atoms with van der Waals surface area (Å²) in [5.74, 6) is 0. The molecule has 2 aromatic carbocycles. The van der Waals surface area contributed by atoms with Crippen molar-refractivity contribution in [1.82, 2.24) is 0 Å². The van der Waals surface area contributed by atoms with Gasteiger partial charge in [-0.2, -0.15) is 0 Å². The first-order valence-electron chi connectivity index (χ1n) is 5.17. The first-order valence-corrected chi connectivity index (χ1v) is 5.17. The van der Waals surface area contributed by atoms with E-state index in [1.807, 2.05) is 24.3 Å². The Hall–Kier alpha value is -2.36. The first-order chi connectivity index (χ1) is 8.33. The van der Waals surface area contributed by atoms with Gasteiger partial charge in [-0.1, -0.05) is 30.3 Å². The monoisotopic (exact) mass is 226 g/mol. The molecule has 84 valence electrons. The van der Waals surface area contributed by atoms with Crippen molar-refractivity contribution in [3.63, 3.8) is 0 Å². The van der Waals surface area contributed by atoms with Crippen molar-refractivity contribution in [1.29, 1.82) is 0 Å². The number of benzene rings is 2. The Kier molecular flexibility index (Phi) is 3.35. The van der Waals surface area contributed by atoms with Crippen molar-refractivity contribution in [2.45, 2.75) is 6.42 Å². The molecule has 0 unspecified atom stereocenters. The summed E-state index contributed by atoms with van der Waals surface area (Å²) in [7, 11) is 0. The predicted molar refractivity (Wildman–Crippen MR) is 66.6 cm³/mol. The molecule has 0 aliphatic heterocycles. The van der Waals surface area contributed by atoms with Crippen LogP contribution < -0.4 is 0 Å². The van der Waals surface area contributed by atoms with E-state index in [1.54, 1.807) is 24.3 Å². The molecule has 0 radical (unpaired) electrons. The SMILES string of the molecule is O=Nc1ccc(Cc2ccccc2N=O)cc1. The molecule has 0 aliphatic rings. The van der Waals surface area contributed by atoms with Gasteiger partial charge in [0, 0.05) is 0 Å². The maximum absolute atomic E-state index is 10.6. The molecule has 2 rings (SSSR count). The van der Waals surface area contributed by atoms with Crippen LogP contribution in [0.5, 0.6) is 0 Å². The van der Waals surface area contributed by atoms with Crippen molar-refractivity contribution < 1.29 is 0 Å². The molecule has 0 spiro atoms. The highest BCUT2D eigenvalue weighted by molar-refractivity contribution is 5.48. The minimum Gasteiger partial charge on any atom is -0.145 e. The van der Waals surface area contributed by atoms with Gasteiger partial charge in [0.05, 0.1) is 0 Å². The van der Waals surface area contributed by atoms with E-state index in [-0.39, 0.29) is 0 Å². The lowest BCUT2D eigenvalue weighted by Crippen LogP contribution is -1.87. The van der Waals surface area contributed by atoms with Gasteiger partial charge in [-0.25, -0.2) is 0 Å². The third kappa shape index (κ3) is 2.60. The fourth-order valence-electron chi connectivity index (χ4n) is 1.64. The summed E-state index contributed by atoms with van der Waals surface area (Å²) in [6, 6.07) is 14.1. The molecule has 2 aromatic rings. The van der Waals surface area contributed by atoms with Crippen molar-refractivity contribution in [3.05, 3.63) is 69.5 Å². The first kappa shape index (κ1) is 11.1. The van der Waals surface area contributed by atoms with Crippen LogP contribution in [0.2, 0.25) is 0 Å². The van der Waals surface area contributed by atoms with Crippen LogP contribution in [0.1, 0.15) is 11.1 Å². The van der Waals surface area contributed by atoms with E-state index in [0.717, 1.165) is 11.1 Å². The topological polar surface area (TPSA) is 58.9 Å². The smallest absolute Gasteiger partial charge is 0.111 e. The summed E-state index contributed by atoms with van der Waals surface area (Å²) in [6.07, 6.45) is 0.612. The molecule has 0 saturated heterocycles. The molecular weight excluding hydrogens is 216 g/mol. The average Bonchev–Trinajstić information content (AvgIpc) is 2.40. The van der Waals surface area contributed by atoms with Gasteiger partial charge in [0.15, 0.2) is 0 Å². The standard InChI is InChI=1S/C13H10N2O2/c16-14-12-7-5-10(6-8-12)9-11-3-1-2-4-13(11)15-17/h1-8H,9H2. The Bertz CT molecular complexity index is 535. The highest BCUT2D eigenvalue weighted by Gasteiger charge is 2.03. The Labute approximate surface area is 98.2 Å². The maximum Gasteiger partial charge on any atom is 0.111 e. The number of nitrogens with zero attached hydrogens (tertiary/aromatic N) is 2. The van der Waals surface area contributed by atoms with Crippen LogP contribution in [0.4, 0.5) is 11.4 Å². The zero-order valence-corrected chi connectivity index (χ0v) is 9.04. The second-order valence-electron chi connectivity index (χ2n) is 3.65. The highest BCUT2D eigenvalue weighted by atomic mass is 16.3. The molecule has 0 aromatic heterocycles. The molecule has 0 amide bonds. The fraction of sp³-hybridized carbons (Fsp3) is 0.0769. The Morgan fingerprint density at radius 2 is 1.53 bits per heavy atom. The Morgan fingerprint density at radius 3 is 2.18 bits per heavy atom. The zero-order chi connectivity index (χ0) is 12.1. The summed E-state index contributed by atoms with van der Waals surface area (Å²) in [5.41, 5.74) is 2.73. The molecular formula is C13H10N2O2. The number of hydrogen-bond acceptors (Lipinski definition) is 4. The third-order valence-corrected chi connectivity index (χ3v) is 2.53. The van der Waals surface area contributed by atoms with Gasteiger partial charge in [-0.15, -0.1) is 9.81 Å². The molecule has 4 heteroatoms. The van der Waals surface area contributed by atoms with Gasteiger partial charge in [0.2, 0.25) is 0 Å². The van der Waals surface area contributed by atoms with Crippen molar-refractivity contribution >= 4 is 11.4 Å². The van der Waals surface area contributed by atoms with Crippen LogP contribution in [0, 0.1) is 9.81 Å².